The number of carbonyl (C=O) groups is 1. The van der Waals surface area contributed by atoms with E-state index in [9.17, 15) is 4.79 Å². The van der Waals surface area contributed by atoms with Crippen molar-refractivity contribution in [2.45, 2.75) is 27.4 Å². The van der Waals surface area contributed by atoms with Crippen LogP contribution < -0.4 is 4.74 Å². The molecule has 0 unspecified atom stereocenters. The molecule has 2 aromatic rings. The van der Waals surface area contributed by atoms with Crippen LogP contribution in [0.5, 0.6) is 5.75 Å². The van der Waals surface area contributed by atoms with Crippen molar-refractivity contribution in [2.75, 3.05) is 0 Å². The predicted molar refractivity (Wildman–Crippen MR) is 75.5 cm³/mol. The van der Waals surface area contributed by atoms with Gasteiger partial charge >= 0.3 is 0 Å². The van der Waals surface area contributed by atoms with Gasteiger partial charge in [0.1, 0.15) is 12.4 Å². The van der Waals surface area contributed by atoms with Crippen LogP contribution in [0.15, 0.2) is 36.4 Å². The smallest absolute Gasteiger partial charge is 0.159 e. The Morgan fingerprint density at radius 1 is 1.21 bits per heavy atom. The van der Waals surface area contributed by atoms with Crippen LogP contribution in [0.4, 0.5) is 0 Å². The number of aryl methyl sites for hydroxylation is 2. The van der Waals surface area contributed by atoms with Gasteiger partial charge in [-0.05, 0) is 56.2 Å². The number of ether oxygens (including phenoxy) is 1. The zero-order valence-corrected chi connectivity index (χ0v) is 11.5. The molecule has 0 aromatic heterocycles. The highest BCUT2D eigenvalue weighted by Gasteiger charge is 2.05. The molecule has 0 saturated heterocycles. The Bertz CT molecular complexity index is 600. The lowest BCUT2D eigenvalue weighted by atomic mass is 10.1. The van der Waals surface area contributed by atoms with Crippen molar-refractivity contribution < 1.29 is 9.53 Å². The van der Waals surface area contributed by atoms with Crippen LogP contribution >= 0.6 is 0 Å². The number of ketones is 1. The van der Waals surface area contributed by atoms with Gasteiger partial charge in [-0.3, -0.25) is 4.79 Å². The lowest BCUT2D eigenvalue weighted by Gasteiger charge is -2.11. The van der Waals surface area contributed by atoms with Gasteiger partial charge in [-0.2, -0.15) is 0 Å². The Kier molecular flexibility index (Phi) is 4.00. The van der Waals surface area contributed by atoms with Gasteiger partial charge in [0.2, 0.25) is 0 Å². The first-order chi connectivity index (χ1) is 9.08. The van der Waals surface area contributed by atoms with Crippen molar-refractivity contribution >= 4 is 5.78 Å². The molecule has 0 heterocycles. The molecule has 0 N–H and O–H groups in total. The summed E-state index contributed by atoms with van der Waals surface area (Å²) in [5.41, 5.74) is 3.91. The van der Waals surface area contributed by atoms with Crippen LogP contribution in [0.3, 0.4) is 0 Å². The molecular weight excluding hydrogens is 236 g/mol. The van der Waals surface area contributed by atoms with Gasteiger partial charge in [0.05, 0.1) is 0 Å². The predicted octanol–water partition coefficient (Wildman–Crippen LogP) is 3.89. The van der Waals surface area contributed by atoms with E-state index >= 15 is 0 Å². The Morgan fingerprint density at radius 2 is 2.00 bits per heavy atom. The second-order valence-electron chi connectivity index (χ2n) is 4.66. The summed E-state index contributed by atoms with van der Waals surface area (Å²) in [5, 5.41) is 0. The molecule has 0 spiro atoms. The summed E-state index contributed by atoms with van der Waals surface area (Å²) in [4.78, 5) is 11.3. The van der Waals surface area contributed by atoms with E-state index in [0.717, 1.165) is 16.9 Å². The van der Waals surface area contributed by atoms with E-state index in [4.69, 9.17) is 4.74 Å². The summed E-state index contributed by atoms with van der Waals surface area (Å²) in [6, 6.07) is 14.6. The van der Waals surface area contributed by atoms with E-state index in [-0.39, 0.29) is 5.78 Å². The molecule has 0 aliphatic carbocycles. The van der Waals surface area contributed by atoms with Crippen LogP contribution in [0.25, 0.3) is 0 Å². The summed E-state index contributed by atoms with van der Waals surface area (Å²) >= 11 is 0. The van der Waals surface area contributed by atoms with Crippen molar-refractivity contribution in [1.82, 2.24) is 0 Å². The van der Waals surface area contributed by atoms with Gasteiger partial charge in [0, 0.05) is 11.1 Å². The Balaban J connectivity index is 2.12. The topological polar surface area (TPSA) is 26.3 Å². The fourth-order valence-electron chi connectivity index (χ4n) is 1.89. The molecule has 0 amide bonds. The van der Waals surface area contributed by atoms with Gasteiger partial charge in [0.15, 0.2) is 5.78 Å². The molecule has 2 aromatic carbocycles. The summed E-state index contributed by atoms with van der Waals surface area (Å²) in [6.45, 7) is 6.05. The highest BCUT2D eigenvalue weighted by atomic mass is 16.5. The second-order valence-corrected chi connectivity index (χ2v) is 4.66. The van der Waals surface area contributed by atoms with Crippen molar-refractivity contribution in [3.8, 4) is 5.75 Å². The van der Waals surface area contributed by atoms with Gasteiger partial charge in [0.25, 0.3) is 0 Å². The Labute approximate surface area is 114 Å². The number of carbonyl (C=O) groups excluding carboxylic acids is 1. The van der Waals surface area contributed by atoms with E-state index in [2.05, 4.69) is 6.07 Å². The minimum Gasteiger partial charge on any atom is -0.489 e. The van der Waals surface area contributed by atoms with Crippen molar-refractivity contribution in [3.05, 3.63) is 64.7 Å². The molecular formula is C17H17O2. The molecule has 0 fully saturated rings. The van der Waals surface area contributed by atoms with Crippen LogP contribution in [-0.4, -0.2) is 5.78 Å². The van der Waals surface area contributed by atoms with Gasteiger partial charge in [-0.15, -0.1) is 0 Å². The van der Waals surface area contributed by atoms with E-state index in [0.29, 0.717) is 12.2 Å². The van der Waals surface area contributed by atoms with Gasteiger partial charge < -0.3 is 4.74 Å². The normalized spacial score (nSPS) is 10.3. The van der Waals surface area contributed by atoms with Gasteiger partial charge in [-0.25, -0.2) is 0 Å². The van der Waals surface area contributed by atoms with Crippen LogP contribution in [-0.2, 0) is 6.61 Å². The zero-order valence-electron chi connectivity index (χ0n) is 11.5. The lowest BCUT2D eigenvalue weighted by Crippen LogP contribution is -2.00. The zero-order chi connectivity index (χ0) is 13.8. The molecule has 2 rings (SSSR count). The standard InChI is InChI=1S/C17H17O2/c1-12-6-4-5-7-16(12)11-19-17-9-8-15(14(3)18)10-13(17)2/h4-6,8-10H,11H2,1-3H3. The van der Waals surface area contributed by atoms with E-state index in [1.54, 1.807) is 13.0 Å². The fraction of sp³-hybridized carbons (Fsp3) is 0.235. The molecule has 0 saturated carbocycles. The number of hydrogen-bond donors (Lipinski definition) is 0. The van der Waals surface area contributed by atoms with Crippen molar-refractivity contribution in [1.29, 1.82) is 0 Å². The fourth-order valence-corrected chi connectivity index (χ4v) is 1.89. The van der Waals surface area contributed by atoms with E-state index in [1.165, 1.54) is 5.56 Å². The van der Waals surface area contributed by atoms with Crippen LogP contribution in [0.2, 0.25) is 0 Å². The number of hydrogen-bond acceptors (Lipinski definition) is 2. The average molecular weight is 253 g/mol. The Morgan fingerprint density at radius 3 is 2.63 bits per heavy atom. The first kappa shape index (κ1) is 13.3. The Hall–Kier alpha value is -2.09. The minimum absolute atomic E-state index is 0.0712. The average Bonchev–Trinajstić information content (AvgIpc) is 2.39. The molecule has 0 aliphatic heterocycles. The van der Waals surface area contributed by atoms with Crippen LogP contribution in [0.1, 0.15) is 34.0 Å². The maximum absolute atomic E-state index is 11.3. The molecule has 2 heteroatoms. The number of rotatable bonds is 4. The number of benzene rings is 2. The summed E-state index contributed by atoms with van der Waals surface area (Å²) in [7, 11) is 0. The van der Waals surface area contributed by atoms with Gasteiger partial charge in [-0.1, -0.05) is 18.2 Å². The third-order valence-corrected chi connectivity index (χ3v) is 3.13. The van der Waals surface area contributed by atoms with Crippen molar-refractivity contribution in [2.24, 2.45) is 0 Å². The highest BCUT2D eigenvalue weighted by molar-refractivity contribution is 5.94. The molecule has 0 atom stereocenters. The largest absolute Gasteiger partial charge is 0.489 e. The van der Waals surface area contributed by atoms with E-state index < -0.39 is 0 Å². The molecule has 2 nitrogen and oxygen atoms in total. The second kappa shape index (κ2) is 5.70. The quantitative estimate of drug-likeness (QED) is 0.773. The summed E-state index contributed by atoms with van der Waals surface area (Å²) in [6.07, 6.45) is 0. The maximum Gasteiger partial charge on any atom is 0.159 e. The monoisotopic (exact) mass is 253 g/mol. The minimum atomic E-state index is 0.0712. The molecule has 19 heavy (non-hydrogen) atoms. The molecule has 97 valence electrons. The molecule has 1 radical (unpaired) electrons. The molecule has 0 bridgehead atoms. The van der Waals surface area contributed by atoms with Crippen LogP contribution in [0, 0.1) is 19.9 Å². The SMILES string of the molecule is CC(=O)c1ccc(OCc2[c]cccc2C)c(C)c1. The lowest BCUT2D eigenvalue weighted by molar-refractivity contribution is 0.101. The molecule has 0 aliphatic rings. The first-order valence-electron chi connectivity index (χ1n) is 6.28. The third-order valence-electron chi connectivity index (χ3n) is 3.13. The summed E-state index contributed by atoms with van der Waals surface area (Å²) < 4.78 is 5.80. The van der Waals surface area contributed by atoms with Crippen molar-refractivity contribution in [3.63, 3.8) is 0 Å². The number of Topliss-reactive ketones (excluding diaryl/α,β-unsaturated/α-hetero) is 1. The third kappa shape index (κ3) is 3.22. The first-order valence-corrected chi connectivity index (χ1v) is 6.28. The van der Waals surface area contributed by atoms with E-state index in [1.807, 2.05) is 44.2 Å². The highest BCUT2D eigenvalue weighted by Crippen LogP contribution is 2.21. The maximum atomic E-state index is 11.3. The summed E-state index contributed by atoms with van der Waals surface area (Å²) in [5.74, 6) is 0.878.